The highest BCUT2D eigenvalue weighted by Gasteiger charge is 2.77. The highest BCUT2D eigenvalue weighted by atomic mass is 16.5. The summed E-state index contributed by atoms with van der Waals surface area (Å²) in [6.07, 6.45) is 12.2. The van der Waals surface area contributed by atoms with Crippen LogP contribution in [0.2, 0.25) is 0 Å². The molecule has 2 aliphatic heterocycles. The van der Waals surface area contributed by atoms with Crippen molar-refractivity contribution in [2.24, 2.45) is 22.7 Å². The Labute approximate surface area is 188 Å². The molecule has 2 bridgehead atoms. The maximum Gasteiger partial charge on any atom is 0.196 e. The van der Waals surface area contributed by atoms with Crippen molar-refractivity contribution in [3.05, 3.63) is 77.8 Å². The number of hydrogen-bond donors (Lipinski definition) is 0. The largest absolute Gasteiger partial charge is 0.493 e. The molecule has 6 atom stereocenters. The van der Waals surface area contributed by atoms with Gasteiger partial charge >= 0.3 is 0 Å². The van der Waals surface area contributed by atoms with E-state index < -0.39 is 16.9 Å². The van der Waals surface area contributed by atoms with Gasteiger partial charge in [-0.05, 0) is 56.1 Å². The van der Waals surface area contributed by atoms with Gasteiger partial charge in [-0.2, -0.15) is 0 Å². The van der Waals surface area contributed by atoms with Gasteiger partial charge in [-0.3, -0.25) is 9.59 Å². The molecule has 1 aromatic rings. The second-order valence-electron chi connectivity index (χ2n) is 9.67. The van der Waals surface area contributed by atoms with Gasteiger partial charge in [-0.1, -0.05) is 48.6 Å². The Hall–Kier alpha value is -2.92. The van der Waals surface area contributed by atoms with Gasteiger partial charge in [0, 0.05) is 17.4 Å². The molecule has 6 rings (SSSR count). The average molecular weight is 430 g/mol. The standard InChI is InChI=1S/C27H27NO4/c1-28-15-14-27-23-18-9-10-20(31-2)24(23)32-25(27)19(29)12-13-26(27,21(28)16-18)22(30)11-8-17-6-4-3-5-7-17/h3-13,18,21,23,25H,14-16H2,1-2H3/t18?,21?,23?,25-,26?,27-/m0/s1. The predicted molar refractivity (Wildman–Crippen MR) is 120 cm³/mol. The summed E-state index contributed by atoms with van der Waals surface area (Å²) in [4.78, 5) is 29.7. The number of ether oxygens (including phenoxy) is 2. The van der Waals surface area contributed by atoms with Crippen molar-refractivity contribution in [1.82, 2.24) is 4.90 Å². The van der Waals surface area contributed by atoms with Crippen molar-refractivity contribution in [3.63, 3.8) is 0 Å². The predicted octanol–water partition coefficient (Wildman–Crippen LogP) is 3.55. The molecule has 1 saturated carbocycles. The molecule has 3 fully saturated rings. The van der Waals surface area contributed by atoms with E-state index in [9.17, 15) is 9.59 Å². The summed E-state index contributed by atoms with van der Waals surface area (Å²) in [6, 6.07) is 9.88. The van der Waals surface area contributed by atoms with Gasteiger partial charge in [0.1, 0.15) is 5.76 Å². The van der Waals surface area contributed by atoms with Crippen molar-refractivity contribution in [3.8, 4) is 0 Å². The van der Waals surface area contributed by atoms with Crippen molar-refractivity contribution < 1.29 is 19.1 Å². The number of methoxy groups -OCH3 is 1. The normalized spacial score (nSPS) is 39.2. The topological polar surface area (TPSA) is 55.8 Å². The van der Waals surface area contributed by atoms with E-state index in [1.54, 1.807) is 19.3 Å². The lowest BCUT2D eigenvalue weighted by Gasteiger charge is -2.64. The zero-order valence-electron chi connectivity index (χ0n) is 18.4. The Balaban J connectivity index is 1.55. The number of carbonyl (C=O) groups excluding carboxylic acids is 2. The Morgan fingerprint density at radius 3 is 2.84 bits per heavy atom. The van der Waals surface area contributed by atoms with E-state index in [1.807, 2.05) is 48.6 Å². The van der Waals surface area contributed by atoms with E-state index in [1.165, 1.54) is 0 Å². The molecule has 5 aliphatic rings. The first kappa shape index (κ1) is 19.7. The van der Waals surface area contributed by atoms with E-state index in [0.29, 0.717) is 5.76 Å². The molecule has 0 amide bonds. The number of allylic oxidation sites excluding steroid dienone is 4. The molecular formula is C27H27NO4. The van der Waals surface area contributed by atoms with Crippen molar-refractivity contribution in [2.45, 2.75) is 25.0 Å². The number of ketones is 2. The third-order valence-electron chi connectivity index (χ3n) is 8.54. The fraction of sp³-hybridized carbons (Fsp3) is 0.407. The Bertz CT molecular complexity index is 1120. The van der Waals surface area contributed by atoms with Gasteiger partial charge in [0.05, 0.1) is 12.5 Å². The van der Waals surface area contributed by atoms with Gasteiger partial charge in [0.2, 0.25) is 0 Å². The zero-order chi connectivity index (χ0) is 22.1. The monoisotopic (exact) mass is 429 g/mol. The minimum Gasteiger partial charge on any atom is -0.493 e. The summed E-state index contributed by atoms with van der Waals surface area (Å²) >= 11 is 0. The van der Waals surface area contributed by atoms with Crippen LogP contribution in [-0.2, 0) is 19.1 Å². The van der Waals surface area contributed by atoms with E-state index >= 15 is 0 Å². The number of piperidine rings is 1. The quantitative estimate of drug-likeness (QED) is 0.686. The average Bonchev–Trinajstić information content (AvgIpc) is 3.17. The molecule has 164 valence electrons. The van der Waals surface area contributed by atoms with E-state index in [-0.39, 0.29) is 29.4 Å². The van der Waals surface area contributed by atoms with Crippen LogP contribution in [0.4, 0.5) is 0 Å². The van der Waals surface area contributed by atoms with Crippen LogP contribution in [0, 0.1) is 22.7 Å². The molecule has 3 aliphatic carbocycles. The summed E-state index contributed by atoms with van der Waals surface area (Å²) in [6.45, 7) is 0.839. The summed E-state index contributed by atoms with van der Waals surface area (Å²) in [7, 11) is 3.74. The molecule has 0 aromatic heterocycles. The summed E-state index contributed by atoms with van der Waals surface area (Å²) in [5.41, 5.74) is -0.419. The molecule has 2 saturated heterocycles. The molecular weight excluding hydrogens is 402 g/mol. The van der Waals surface area contributed by atoms with Crippen molar-refractivity contribution in [2.75, 3.05) is 20.7 Å². The summed E-state index contributed by atoms with van der Waals surface area (Å²) in [5, 5.41) is 0. The Morgan fingerprint density at radius 1 is 1.25 bits per heavy atom. The molecule has 4 unspecified atom stereocenters. The molecule has 2 heterocycles. The zero-order valence-corrected chi connectivity index (χ0v) is 18.4. The second kappa shape index (κ2) is 6.79. The maximum atomic E-state index is 14.2. The second-order valence-corrected chi connectivity index (χ2v) is 9.67. The van der Waals surface area contributed by atoms with E-state index in [2.05, 4.69) is 18.0 Å². The van der Waals surface area contributed by atoms with Crippen LogP contribution in [0.5, 0.6) is 0 Å². The van der Waals surface area contributed by atoms with Crippen molar-refractivity contribution in [1.29, 1.82) is 0 Å². The van der Waals surface area contributed by atoms with Crippen LogP contribution in [-0.4, -0.2) is 49.3 Å². The number of nitrogens with zero attached hydrogens (tertiary/aromatic N) is 1. The smallest absolute Gasteiger partial charge is 0.196 e. The highest BCUT2D eigenvalue weighted by Crippen LogP contribution is 2.71. The first-order valence-corrected chi connectivity index (χ1v) is 11.4. The molecule has 0 radical (unpaired) electrons. The minimum atomic E-state index is -0.809. The van der Waals surface area contributed by atoms with Gasteiger partial charge in [0.25, 0.3) is 0 Å². The van der Waals surface area contributed by atoms with Gasteiger partial charge in [-0.25, -0.2) is 0 Å². The Kier molecular flexibility index (Phi) is 4.19. The molecule has 0 N–H and O–H groups in total. The Morgan fingerprint density at radius 2 is 2.06 bits per heavy atom. The van der Waals surface area contributed by atoms with E-state index in [0.717, 1.165) is 30.7 Å². The number of likely N-dealkylation sites (tertiary alicyclic amines) is 1. The third kappa shape index (κ3) is 2.27. The third-order valence-corrected chi connectivity index (χ3v) is 8.54. The maximum absolute atomic E-state index is 14.2. The summed E-state index contributed by atoms with van der Waals surface area (Å²) in [5.74, 6) is 1.65. The van der Waals surface area contributed by atoms with Crippen LogP contribution in [0.15, 0.2) is 72.2 Å². The van der Waals surface area contributed by atoms with Crippen LogP contribution >= 0.6 is 0 Å². The number of rotatable bonds is 4. The van der Waals surface area contributed by atoms with Crippen molar-refractivity contribution >= 4 is 17.6 Å². The van der Waals surface area contributed by atoms with Gasteiger partial charge in [-0.15, -0.1) is 0 Å². The number of hydrogen-bond acceptors (Lipinski definition) is 5. The van der Waals surface area contributed by atoms with Crippen LogP contribution < -0.4 is 0 Å². The van der Waals surface area contributed by atoms with E-state index in [4.69, 9.17) is 9.47 Å². The number of benzene rings is 1. The lowest BCUT2D eigenvalue weighted by molar-refractivity contribution is -0.175. The van der Waals surface area contributed by atoms with Gasteiger partial charge < -0.3 is 14.4 Å². The molecule has 1 aromatic carbocycles. The lowest BCUT2D eigenvalue weighted by atomic mass is 9.40. The first-order valence-electron chi connectivity index (χ1n) is 11.4. The van der Waals surface area contributed by atoms with Crippen LogP contribution in [0.25, 0.3) is 6.08 Å². The fourth-order valence-corrected chi connectivity index (χ4v) is 7.27. The number of carbonyl (C=O) groups is 2. The highest BCUT2D eigenvalue weighted by molar-refractivity contribution is 6.06. The van der Waals surface area contributed by atoms with Crippen LogP contribution in [0.1, 0.15) is 18.4 Å². The van der Waals surface area contributed by atoms with Gasteiger partial charge in [0.15, 0.2) is 23.4 Å². The first-order chi connectivity index (χ1) is 15.5. The SMILES string of the molecule is COC1=C2O[C@H]3C(=O)C=CC4(C(=O)C=Cc5ccccc5)C5CC(C=C1)C2[C@@]34CCN5C. The molecule has 1 spiro atoms. The summed E-state index contributed by atoms with van der Waals surface area (Å²) < 4.78 is 12.1. The minimum absolute atomic E-state index is 0.00830. The van der Waals surface area contributed by atoms with Crippen LogP contribution in [0.3, 0.4) is 0 Å². The molecule has 32 heavy (non-hydrogen) atoms. The molecule has 5 heteroatoms. The lowest BCUT2D eigenvalue weighted by Crippen LogP contribution is -2.73. The fourth-order valence-electron chi connectivity index (χ4n) is 7.27. The molecule has 5 nitrogen and oxygen atoms in total.